The Morgan fingerprint density at radius 2 is 1.84 bits per heavy atom. The zero-order chi connectivity index (χ0) is 13.8. The van der Waals surface area contributed by atoms with Crippen molar-refractivity contribution in [2.45, 2.75) is 6.54 Å². The van der Waals surface area contributed by atoms with E-state index < -0.39 is 0 Å². The van der Waals surface area contributed by atoms with Crippen LogP contribution in [0.15, 0.2) is 51.4 Å². The zero-order valence-electron chi connectivity index (χ0n) is 9.99. The van der Waals surface area contributed by atoms with Crippen LogP contribution in [0.1, 0.15) is 15.9 Å². The van der Waals surface area contributed by atoms with Crippen molar-refractivity contribution in [1.82, 2.24) is 5.32 Å². The molecule has 0 heterocycles. The first-order chi connectivity index (χ1) is 9.06. The predicted octanol–water partition coefficient (Wildman–Crippen LogP) is 3.72. The van der Waals surface area contributed by atoms with Crippen molar-refractivity contribution >= 4 is 43.5 Å². The third-order valence-electron chi connectivity index (χ3n) is 2.60. The summed E-state index contributed by atoms with van der Waals surface area (Å²) in [7, 11) is 0. The van der Waals surface area contributed by atoms with Crippen molar-refractivity contribution in [2.24, 2.45) is 0 Å². The Bertz CT molecular complexity index is 614. The molecule has 0 radical (unpaired) electrons. The van der Waals surface area contributed by atoms with E-state index in [9.17, 15) is 4.79 Å². The fourth-order valence-electron chi connectivity index (χ4n) is 1.66. The lowest BCUT2D eigenvalue weighted by molar-refractivity contribution is 0.0952. The van der Waals surface area contributed by atoms with Crippen LogP contribution in [-0.4, -0.2) is 5.91 Å². The first kappa shape index (κ1) is 14.1. The molecule has 98 valence electrons. The van der Waals surface area contributed by atoms with Gasteiger partial charge >= 0.3 is 0 Å². The average Bonchev–Trinajstić information content (AvgIpc) is 2.36. The zero-order valence-corrected chi connectivity index (χ0v) is 13.2. The molecule has 0 unspecified atom stereocenters. The predicted molar refractivity (Wildman–Crippen MR) is 83.9 cm³/mol. The van der Waals surface area contributed by atoms with Crippen LogP contribution < -0.4 is 11.1 Å². The van der Waals surface area contributed by atoms with Gasteiger partial charge in [0.25, 0.3) is 5.91 Å². The van der Waals surface area contributed by atoms with Gasteiger partial charge in [-0.1, -0.05) is 44.0 Å². The first-order valence-corrected chi connectivity index (χ1v) is 7.22. The minimum Gasteiger partial charge on any atom is -0.398 e. The number of nitrogens with two attached hydrogens (primary N) is 1. The Labute approximate surface area is 128 Å². The number of benzene rings is 2. The monoisotopic (exact) mass is 382 g/mol. The Kier molecular flexibility index (Phi) is 4.61. The van der Waals surface area contributed by atoms with Crippen LogP contribution in [0.3, 0.4) is 0 Å². The largest absolute Gasteiger partial charge is 0.398 e. The highest BCUT2D eigenvalue weighted by atomic mass is 79.9. The minimum atomic E-state index is -0.176. The van der Waals surface area contributed by atoms with Crippen molar-refractivity contribution in [3.63, 3.8) is 0 Å². The molecule has 3 nitrogen and oxygen atoms in total. The van der Waals surface area contributed by atoms with Crippen molar-refractivity contribution in [2.75, 3.05) is 5.73 Å². The highest BCUT2D eigenvalue weighted by molar-refractivity contribution is 9.10. The second kappa shape index (κ2) is 6.21. The van der Waals surface area contributed by atoms with E-state index in [1.54, 1.807) is 18.2 Å². The van der Waals surface area contributed by atoms with Crippen LogP contribution in [0.5, 0.6) is 0 Å². The summed E-state index contributed by atoms with van der Waals surface area (Å²) in [5, 5.41) is 2.85. The molecule has 2 aromatic rings. The Hall–Kier alpha value is -1.33. The van der Waals surface area contributed by atoms with Crippen molar-refractivity contribution in [1.29, 1.82) is 0 Å². The SMILES string of the molecule is Nc1cc(Br)ccc1C(=O)NCc1cccc(Br)c1. The summed E-state index contributed by atoms with van der Waals surface area (Å²) in [6.07, 6.45) is 0. The van der Waals surface area contributed by atoms with Gasteiger partial charge in [-0.05, 0) is 35.9 Å². The van der Waals surface area contributed by atoms with Gasteiger partial charge in [-0.25, -0.2) is 0 Å². The normalized spacial score (nSPS) is 10.2. The fraction of sp³-hybridized carbons (Fsp3) is 0.0714. The van der Waals surface area contributed by atoms with E-state index in [0.29, 0.717) is 17.8 Å². The summed E-state index contributed by atoms with van der Waals surface area (Å²) in [4.78, 5) is 12.0. The van der Waals surface area contributed by atoms with Crippen LogP contribution in [-0.2, 0) is 6.54 Å². The second-order valence-electron chi connectivity index (χ2n) is 4.04. The van der Waals surface area contributed by atoms with Crippen LogP contribution >= 0.6 is 31.9 Å². The molecule has 5 heteroatoms. The molecule has 1 amide bonds. The van der Waals surface area contributed by atoms with Gasteiger partial charge in [-0.3, -0.25) is 4.79 Å². The summed E-state index contributed by atoms with van der Waals surface area (Å²) < 4.78 is 1.84. The van der Waals surface area contributed by atoms with Crippen molar-refractivity contribution in [3.05, 3.63) is 62.5 Å². The van der Waals surface area contributed by atoms with E-state index in [2.05, 4.69) is 37.2 Å². The lowest BCUT2D eigenvalue weighted by Crippen LogP contribution is -2.23. The van der Waals surface area contributed by atoms with Crippen LogP contribution in [0.2, 0.25) is 0 Å². The molecular weight excluding hydrogens is 372 g/mol. The molecule has 0 aliphatic heterocycles. The number of amides is 1. The number of halogens is 2. The van der Waals surface area contributed by atoms with Crippen molar-refractivity contribution in [3.8, 4) is 0 Å². The number of rotatable bonds is 3. The van der Waals surface area contributed by atoms with E-state index in [0.717, 1.165) is 14.5 Å². The minimum absolute atomic E-state index is 0.176. The summed E-state index contributed by atoms with van der Waals surface area (Å²) in [5.74, 6) is -0.176. The summed E-state index contributed by atoms with van der Waals surface area (Å²) in [6.45, 7) is 0.466. The van der Waals surface area contributed by atoms with Gasteiger partial charge in [-0.2, -0.15) is 0 Å². The molecule has 0 bridgehead atoms. The molecule has 19 heavy (non-hydrogen) atoms. The van der Waals surface area contributed by atoms with Crippen LogP contribution in [0.4, 0.5) is 5.69 Å². The highest BCUT2D eigenvalue weighted by Gasteiger charge is 2.09. The maximum Gasteiger partial charge on any atom is 0.253 e. The van der Waals surface area contributed by atoms with Crippen LogP contribution in [0.25, 0.3) is 0 Å². The average molecular weight is 384 g/mol. The van der Waals surface area contributed by atoms with E-state index in [-0.39, 0.29) is 5.91 Å². The smallest absolute Gasteiger partial charge is 0.253 e. The van der Waals surface area contributed by atoms with Gasteiger partial charge in [0, 0.05) is 21.2 Å². The third-order valence-corrected chi connectivity index (χ3v) is 3.59. The number of carbonyl (C=O) groups is 1. The molecule has 0 spiro atoms. The van der Waals surface area contributed by atoms with E-state index in [4.69, 9.17) is 5.73 Å². The van der Waals surface area contributed by atoms with Gasteiger partial charge in [0.1, 0.15) is 0 Å². The Morgan fingerprint density at radius 1 is 1.11 bits per heavy atom. The number of anilines is 1. The molecule has 2 rings (SSSR count). The summed E-state index contributed by atoms with van der Waals surface area (Å²) in [6, 6.07) is 13.0. The van der Waals surface area contributed by atoms with E-state index in [1.807, 2.05) is 24.3 Å². The Balaban J connectivity index is 2.05. The lowest BCUT2D eigenvalue weighted by Gasteiger charge is -2.08. The number of hydrogen-bond donors (Lipinski definition) is 2. The number of carbonyl (C=O) groups excluding carboxylic acids is 1. The van der Waals surface area contributed by atoms with Gasteiger partial charge in [0.2, 0.25) is 0 Å². The molecule has 0 aliphatic rings. The molecule has 2 aromatic carbocycles. The maximum absolute atomic E-state index is 12.0. The van der Waals surface area contributed by atoms with E-state index >= 15 is 0 Å². The standard InChI is InChI=1S/C14H12Br2N2O/c15-10-3-1-2-9(6-10)8-18-14(19)12-5-4-11(16)7-13(12)17/h1-7H,8,17H2,(H,18,19). The molecule has 0 atom stereocenters. The van der Waals surface area contributed by atoms with Gasteiger partial charge in [-0.15, -0.1) is 0 Å². The maximum atomic E-state index is 12.0. The molecule has 0 saturated heterocycles. The van der Waals surface area contributed by atoms with Gasteiger partial charge in [0.05, 0.1) is 5.56 Å². The summed E-state index contributed by atoms with van der Waals surface area (Å²) in [5.41, 5.74) is 7.79. The molecule has 0 aliphatic carbocycles. The summed E-state index contributed by atoms with van der Waals surface area (Å²) >= 11 is 6.71. The second-order valence-corrected chi connectivity index (χ2v) is 5.88. The van der Waals surface area contributed by atoms with Gasteiger partial charge in [0.15, 0.2) is 0 Å². The molecule has 0 saturated carbocycles. The third kappa shape index (κ3) is 3.81. The lowest BCUT2D eigenvalue weighted by atomic mass is 10.1. The number of nitrogens with one attached hydrogen (secondary N) is 1. The highest BCUT2D eigenvalue weighted by Crippen LogP contribution is 2.18. The van der Waals surface area contributed by atoms with Crippen LogP contribution in [0, 0.1) is 0 Å². The number of hydrogen-bond acceptors (Lipinski definition) is 2. The van der Waals surface area contributed by atoms with Gasteiger partial charge < -0.3 is 11.1 Å². The quantitative estimate of drug-likeness (QED) is 0.793. The molecule has 0 aromatic heterocycles. The first-order valence-electron chi connectivity index (χ1n) is 5.64. The van der Waals surface area contributed by atoms with Crippen molar-refractivity contribution < 1.29 is 4.79 Å². The van der Waals surface area contributed by atoms with E-state index in [1.165, 1.54) is 0 Å². The molecular formula is C14H12Br2N2O. The Morgan fingerprint density at radius 3 is 2.53 bits per heavy atom. The molecule has 3 N–H and O–H groups in total. The fourth-order valence-corrected chi connectivity index (χ4v) is 2.49. The topological polar surface area (TPSA) is 55.1 Å². The number of nitrogen functional groups attached to an aromatic ring is 1. The molecule has 0 fully saturated rings.